The molecule has 1 heterocycles. The van der Waals surface area contributed by atoms with Crippen LogP contribution in [0.15, 0.2) is 34.1 Å². The van der Waals surface area contributed by atoms with Crippen molar-refractivity contribution in [3.8, 4) is 0 Å². The molecule has 0 saturated carbocycles. The van der Waals surface area contributed by atoms with Crippen molar-refractivity contribution in [1.82, 2.24) is 0 Å². The first kappa shape index (κ1) is 15.7. The zero-order valence-electron chi connectivity index (χ0n) is 11.0. The number of carbonyl (C=O) groups is 2. The van der Waals surface area contributed by atoms with Gasteiger partial charge in [-0.15, -0.1) is 11.3 Å². The highest BCUT2D eigenvalue weighted by Crippen LogP contribution is 2.25. The van der Waals surface area contributed by atoms with Crippen molar-refractivity contribution in [2.45, 2.75) is 6.92 Å². The lowest BCUT2D eigenvalue weighted by molar-refractivity contribution is 0.0528. The summed E-state index contributed by atoms with van der Waals surface area (Å²) in [6, 6.07) is 5.62. The summed E-state index contributed by atoms with van der Waals surface area (Å²) in [5.41, 5.74) is 0.151. The van der Waals surface area contributed by atoms with Gasteiger partial charge in [0.2, 0.25) is 0 Å². The summed E-state index contributed by atoms with van der Waals surface area (Å²) in [5.74, 6) is -1.78. The first-order valence-electron chi connectivity index (χ1n) is 6.04. The second-order valence-electron chi connectivity index (χ2n) is 3.96. The molecule has 0 unspecified atom stereocenters. The Morgan fingerprint density at radius 3 is 2.81 bits per heavy atom. The molecule has 0 atom stereocenters. The van der Waals surface area contributed by atoms with Crippen LogP contribution < -0.4 is 5.32 Å². The molecule has 1 N–H and O–H groups in total. The van der Waals surface area contributed by atoms with Crippen LogP contribution >= 0.6 is 27.3 Å². The van der Waals surface area contributed by atoms with Crippen molar-refractivity contribution in [3.05, 3.63) is 51.1 Å². The Bertz CT molecular complexity index is 687. The molecular formula is C14H11BrFNO3S. The summed E-state index contributed by atoms with van der Waals surface area (Å²) in [7, 11) is 0. The number of rotatable bonds is 4. The second kappa shape index (κ2) is 6.82. The van der Waals surface area contributed by atoms with Crippen LogP contribution in [0.1, 0.15) is 27.6 Å². The summed E-state index contributed by atoms with van der Waals surface area (Å²) in [6.45, 7) is 1.93. The van der Waals surface area contributed by atoms with Crippen LogP contribution in [0.25, 0.3) is 0 Å². The van der Waals surface area contributed by atoms with Crippen LogP contribution in [0.3, 0.4) is 0 Å². The number of nitrogens with one attached hydrogen (secondary N) is 1. The van der Waals surface area contributed by atoms with Crippen molar-refractivity contribution in [2.24, 2.45) is 0 Å². The van der Waals surface area contributed by atoms with E-state index in [1.54, 1.807) is 18.4 Å². The van der Waals surface area contributed by atoms with Crippen LogP contribution in [-0.2, 0) is 4.74 Å². The minimum atomic E-state index is -0.634. The highest BCUT2D eigenvalue weighted by atomic mass is 79.9. The predicted octanol–water partition coefficient (Wildman–Crippen LogP) is 4.08. The molecule has 7 heteroatoms. The Labute approximate surface area is 133 Å². The van der Waals surface area contributed by atoms with E-state index in [0.717, 1.165) is 0 Å². The maximum Gasteiger partial charge on any atom is 0.341 e. The van der Waals surface area contributed by atoms with E-state index in [9.17, 15) is 14.0 Å². The lowest BCUT2D eigenvalue weighted by Gasteiger charge is -2.07. The maximum absolute atomic E-state index is 13.7. The van der Waals surface area contributed by atoms with Crippen molar-refractivity contribution >= 4 is 44.1 Å². The van der Waals surface area contributed by atoms with Crippen molar-refractivity contribution < 1.29 is 18.7 Å². The van der Waals surface area contributed by atoms with Gasteiger partial charge in [-0.2, -0.15) is 0 Å². The third-order valence-electron chi connectivity index (χ3n) is 2.56. The Hall–Kier alpha value is -1.73. The summed E-state index contributed by atoms with van der Waals surface area (Å²) in [6.07, 6.45) is 0. The molecule has 4 nitrogen and oxygen atoms in total. The first-order valence-corrected chi connectivity index (χ1v) is 7.71. The van der Waals surface area contributed by atoms with E-state index in [2.05, 4.69) is 21.2 Å². The maximum atomic E-state index is 13.7. The second-order valence-corrected chi connectivity index (χ2v) is 5.79. The van der Waals surface area contributed by atoms with Gasteiger partial charge in [-0.25, -0.2) is 9.18 Å². The summed E-state index contributed by atoms with van der Waals surface area (Å²) < 4.78 is 19.1. The highest BCUT2D eigenvalue weighted by molar-refractivity contribution is 9.10. The SMILES string of the molecule is CCOC(=O)c1ccsc1NC(=O)c1cc(Br)ccc1F. The Morgan fingerprint density at radius 2 is 2.10 bits per heavy atom. The van der Waals surface area contributed by atoms with Crippen molar-refractivity contribution in [1.29, 1.82) is 0 Å². The number of benzene rings is 1. The van der Waals surface area contributed by atoms with E-state index in [0.29, 0.717) is 9.47 Å². The number of anilines is 1. The molecule has 1 aromatic heterocycles. The third-order valence-corrected chi connectivity index (χ3v) is 3.88. The average Bonchev–Trinajstić information content (AvgIpc) is 2.90. The molecular weight excluding hydrogens is 361 g/mol. The van der Waals surface area contributed by atoms with Crippen molar-refractivity contribution in [2.75, 3.05) is 11.9 Å². The van der Waals surface area contributed by atoms with Crippen LogP contribution in [0.5, 0.6) is 0 Å². The van der Waals surface area contributed by atoms with E-state index in [4.69, 9.17) is 4.74 Å². The van der Waals surface area contributed by atoms with Gasteiger partial charge in [0.05, 0.1) is 17.7 Å². The van der Waals surface area contributed by atoms with Gasteiger partial charge < -0.3 is 10.1 Å². The topological polar surface area (TPSA) is 55.4 Å². The number of amides is 1. The fraction of sp³-hybridized carbons (Fsp3) is 0.143. The Morgan fingerprint density at radius 1 is 1.33 bits per heavy atom. The molecule has 2 rings (SSSR count). The smallest absolute Gasteiger partial charge is 0.341 e. The molecule has 1 amide bonds. The fourth-order valence-electron chi connectivity index (χ4n) is 1.62. The van der Waals surface area contributed by atoms with Crippen LogP contribution in [0.4, 0.5) is 9.39 Å². The van der Waals surface area contributed by atoms with Crippen LogP contribution in [0.2, 0.25) is 0 Å². The largest absolute Gasteiger partial charge is 0.462 e. The number of carbonyl (C=O) groups excluding carboxylic acids is 2. The molecule has 0 aliphatic heterocycles. The monoisotopic (exact) mass is 371 g/mol. The number of hydrogen-bond acceptors (Lipinski definition) is 4. The van der Waals surface area contributed by atoms with Gasteiger partial charge in [0, 0.05) is 4.47 Å². The summed E-state index contributed by atoms with van der Waals surface area (Å²) in [5, 5.41) is 4.52. The molecule has 21 heavy (non-hydrogen) atoms. The standard InChI is InChI=1S/C14H11BrFNO3S/c1-2-20-14(19)9-5-6-21-13(9)17-12(18)10-7-8(15)3-4-11(10)16/h3-7H,2H2,1H3,(H,17,18). The van der Waals surface area contributed by atoms with Gasteiger partial charge in [0.25, 0.3) is 5.91 Å². The Balaban J connectivity index is 2.22. The molecule has 2 aromatic rings. The summed E-state index contributed by atoms with van der Waals surface area (Å²) in [4.78, 5) is 23.8. The average molecular weight is 372 g/mol. The number of halogens is 2. The first-order chi connectivity index (χ1) is 10.0. The molecule has 0 aliphatic carbocycles. The minimum Gasteiger partial charge on any atom is -0.462 e. The van der Waals surface area contributed by atoms with Gasteiger partial charge in [-0.1, -0.05) is 15.9 Å². The molecule has 0 aliphatic rings. The van der Waals surface area contributed by atoms with Crippen LogP contribution in [-0.4, -0.2) is 18.5 Å². The Kier molecular flexibility index (Phi) is 5.08. The third kappa shape index (κ3) is 3.68. The predicted molar refractivity (Wildman–Crippen MR) is 82.3 cm³/mol. The van der Waals surface area contributed by atoms with Gasteiger partial charge >= 0.3 is 5.97 Å². The quantitative estimate of drug-likeness (QED) is 0.823. The van der Waals surface area contributed by atoms with Gasteiger partial charge in [0.1, 0.15) is 10.8 Å². The normalized spacial score (nSPS) is 10.2. The molecule has 0 saturated heterocycles. The molecule has 1 aromatic carbocycles. The molecule has 0 radical (unpaired) electrons. The number of esters is 1. The fourth-order valence-corrected chi connectivity index (χ4v) is 2.75. The highest BCUT2D eigenvalue weighted by Gasteiger charge is 2.18. The van der Waals surface area contributed by atoms with Gasteiger partial charge in [0.15, 0.2) is 0 Å². The number of thiophene rings is 1. The molecule has 110 valence electrons. The van der Waals surface area contributed by atoms with Gasteiger partial charge in [-0.05, 0) is 36.6 Å². The summed E-state index contributed by atoms with van der Waals surface area (Å²) >= 11 is 4.35. The zero-order valence-corrected chi connectivity index (χ0v) is 13.4. The zero-order chi connectivity index (χ0) is 15.4. The lowest BCUT2D eigenvalue weighted by Crippen LogP contribution is -2.15. The van der Waals surface area contributed by atoms with E-state index >= 15 is 0 Å². The number of ether oxygens (including phenoxy) is 1. The minimum absolute atomic E-state index is 0.104. The number of hydrogen-bond donors (Lipinski definition) is 1. The lowest BCUT2D eigenvalue weighted by atomic mass is 10.2. The van der Waals surface area contributed by atoms with Crippen molar-refractivity contribution in [3.63, 3.8) is 0 Å². The van der Waals surface area contributed by atoms with Gasteiger partial charge in [-0.3, -0.25) is 4.79 Å². The van der Waals surface area contributed by atoms with E-state index < -0.39 is 17.7 Å². The van der Waals surface area contributed by atoms with E-state index in [1.807, 2.05) is 0 Å². The molecule has 0 bridgehead atoms. The van der Waals surface area contributed by atoms with Crippen LogP contribution in [0, 0.1) is 5.82 Å². The van der Waals surface area contributed by atoms with E-state index in [1.165, 1.54) is 29.5 Å². The molecule has 0 spiro atoms. The van der Waals surface area contributed by atoms with E-state index in [-0.39, 0.29) is 17.7 Å². The molecule has 0 fully saturated rings.